The van der Waals surface area contributed by atoms with Crippen molar-refractivity contribution in [2.75, 3.05) is 0 Å². The molecule has 0 aliphatic heterocycles. The van der Waals surface area contributed by atoms with E-state index < -0.39 is 11.9 Å². The van der Waals surface area contributed by atoms with Gasteiger partial charge >= 0.3 is 0 Å². The Balaban J connectivity index is 1.87. The van der Waals surface area contributed by atoms with Crippen molar-refractivity contribution in [2.45, 2.75) is 12.6 Å². The van der Waals surface area contributed by atoms with Gasteiger partial charge in [0.05, 0.1) is 12.2 Å². The van der Waals surface area contributed by atoms with Crippen LogP contribution in [0.1, 0.15) is 11.7 Å². The van der Waals surface area contributed by atoms with E-state index in [1.54, 1.807) is 41.5 Å². The largest absolute Gasteiger partial charge is 0.386 e. The summed E-state index contributed by atoms with van der Waals surface area (Å²) in [6.07, 6.45) is 4.09. The lowest BCUT2D eigenvalue weighted by atomic mass is 10.1. The Labute approximate surface area is 121 Å². The van der Waals surface area contributed by atoms with Crippen LogP contribution in [0.2, 0.25) is 0 Å². The van der Waals surface area contributed by atoms with E-state index in [0.29, 0.717) is 0 Å². The SMILES string of the molecule is O[C@H](Cn1nccc1-c1ccncc1)c1ccccc1F. The Hall–Kier alpha value is -2.53. The number of nitrogens with zero attached hydrogens (tertiary/aromatic N) is 3. The van der Waals surface area contributed by atoms with Crippen molar-refractivity contribution < 1.29 is 9.50 Å². The van der Waals surface area contributed by atoms with E-state index in [1.165, 1.54) is 6.07 Å². The highest BCUT2D eigenvalue weighted by Crippen LogP contribution is 2.22. The Kier molecular flexibility index (Phi) is 3.75. The molecule has 1 atom stereocenters. The Morgan fingerprint density at radius 2 is 1.81 bits per heavy atom. The molecule has 0 bridgehead atoms. The summed E-state index contributed by atoms with van der Waals surface area (Å²) in [5.74, 6) is -0.414. The number of aliphatic hydroxyl groups excluding tert-OH is 1. The fourth-order valence-electron chi connectivity index (χ4n) is 2.25. The standard InChI is InChI=1S/C16H14FN3O/c17-14-4-2-1-3-13(14)16(21)11-20-15(7-10-19-20)12-5-8-18-9-6-12/h1-10,16,21H,11H2/t16-/m1/s1. The van der Waals surface area contributed by atoms with Gasteiger partial charge in [-0.15, -0.1) is 0 Å². The highest BCUT2D eigenvalue weighted by atomic mass is 19.1. The summed E-state index contributed by atoms with van der Waals surface area (Å²) in [6.45, 7) is 0.186. The zero-order valence-electron chi connectivity index (χ0n) is 11.2. The molecule has 3 aromatic rings. The van der Waals surface area contributed by atoms with Gasteiger partial charge in [-0.2, -0.15) is 5.10 Å². The van der Waals surface area contributed by atoms with Crippen LogP contribution in [0.25, 0.3) is 11.3 Å². The van der Waals surface area contributed by atoms with Gasteiger partial charge in [-0.3, -0.25) is 9.67 Å². The molecule has 4 nitrogen and oxygen atoms in total. The lowest BCUT2D eigenvalue weighted by Gasteiger charge is -2.14. The van der Waals surface area contributed by atoms with Crippen LogP contribution in [0, 0.1) is 5.82 Å². The molecule has 1 aromatic carbocycles. The van der Waals surface area contributed by atoms with E-state index in [1.807, 2.05) is 18.2 Å². The number of pyridine rings is 1. The van der Waals surface area contributed by atoms with E-state index >= 15 is 0 Å². The molecule has 3 rings (SSSR count). The number of aromatic nitrogens is 3. The topological polar surface area (TPSA) is 50.9 Å². The molecule has 0 saturated carbocycles. The van der Waals surface area contributed by atoms with Crippen LogP contribution in [0.3, 0.4) is 0 Å². The summed E-state index contributed by atoms with van der Waals surface area (Å²) in [6, 6.07) is 11.8. The summed E-state index contributed by atoms with van der Waals surface area (Å²) in [7, 11) is 0. The van der Waals surface area contributed by atoms with Gasteiger partial charge in [-0.05, 0) is 24.3 Å². The fourth-order valence-corrected chi connectivity index (χ4v) is 2.25. The zero-order valence-corrected chi connectivity index (χ0v) is 11.2. The Morgan fingerprint density at radius 1 is 1.05 bits per heavy atom. The van der Waals surface area contributed by atoms with Gasteiger partial charge in [0.1, 0.15) is 11.9 Å². The van der Waals surface area contributed by atoms with Gasteiger partial charge in [-0.25, -0.2) is 4.39 Å². The molecule has 0 spiro atoms. The average molecular weight is 283 g/mol. The number of aliphatic hydroxyl groups is 1. The fraction of sp³-hybridized carbons (Fsp3) is 0.125. The molecule has 0 unspecified atom stereocenters. The van der Waals surface area contributed by atoms with Crippen molar-refractivity contribution >= 4 is 0 Å². The molecule has 21 heavy (non-hydrogen) atoms. The molecule has 0 radical (unpaired) electrons. The third-order valence-electron chi connectivity index (χ3n) is 3.30. The maximum absolute atomic E-state index is 13.7. The molecule has 0 aliphatic carbocycles. The first-order valence-electron chi connectivity index (χ1n) is 6.60. The maximum Gasteiger partial charge on any atom is 0.129 e. The molecule has 0 amide bonds. The molecule has 2 heterocycles. The van der Waals surface area contributed by atoms with Crippen LogP contribution in [-0.4, -0.2) is 19.9 Å². The minimum Gasteiger partial charge on any atom is -0.386 e. The van der Waals surface area contributed by atoms with Gasteiger partial charge in [0.25, 0.3) is 0 Å². The molecular weight excluding hydrogens is 269 g/mol. The van der Waals surface area contributed by atoms with Crippen molar-refractivity contribution in [3.8, 4) is 11.3 Å². The third kappa shape index (κ3) is 2.83. The van der Waals surface area contributed by atoms with Gasteiger partial charge in [0, 0.05) is 29.7 Å². The van der Waals surface area contributed by atoms with Gasteiger partial charge < -0.3 is 5.11 Å². The predicted molar refractivity (Wildman–Crippen MR) is 76.8 cm³/mol. The summed E-state index contributed by atoms with van der Waals surface area (Å²) in [5.41, 5.74) is 2.07. The van der Waals surface area contributed by atoms with Crippen LogP contribution in [0.5, 0.6) is 0 Å². The number of hydrogen-bond donors (Lipinski definition) is 1. The quantitative estimate of drug-likeness (QED) is 0.801. The van der Waals surface area contributed by atoms with Crippen LogP contribution in [0.4, 0.5) is 4.39 Å². The van der Waals surface area contributed by atoms with Crippen LogP contribution in [0.15, 0.2) is 61.1 Å². The van der Waals surface area contributed by atoms with Crippen molar-refractivity contribution in [1.29, 1.82) is 0 Å². The van der Waals surface area contributed by atoms with E-state index in [0.717, 1.165) is 11.3 Å². The third-order valence-corrected chi connectivity index (χ3v) is 3.30. The summed E-state index contributed by atoms with van der Waals surface area (Å²) >= 11 is 0. The van der Waals surface area contributed by atoms with Crippen molar-refractivity contribution in [1.82, 2.24) is 14.8 Å². The van der Waals surface area contributed by atoms with Crippen molar-refractivity contribution in [3.05, 3.63) is 72.4 Å². The average Bonchev–Trinajstić information content (AvgIpc) is 2.96. The molecular formula is C16H14FN3O. The molecule has 2 aromatic heterocycles. The lowest BCUT2D eigenvalue weighted by molar-refractivity contribution is 0.148. The van der Waals surface area contributed by atoms with Crippen LogP contribution >= 0.6 is 0 Å². The molecule has 1 N–H and O–H groups in total. The van der Waals surface area contributed by atoms with E-state index in [-0.39, 0.29) is 12.1 Å². The second-order valence-electron chi connectivity index (χ2n) is 4.67. The van der Waals surface area contributed by atoms with Crippen molar-refractivity contribution in [3.63, 3.8) is 0 Å². The van der Waals surface area contributed by atoms with E-state index in [9.17, 15) is 9.50 Å². The molecule has 106 valence electrons. The number of hydrogen-bond acceptors (Lipinski definition) is 3. The van der Waals surface area contributed by atoms with E-state index in [4.69, 9.17) is 0 Å². The molecule has 0 aliphatic rings. The number of rotatable bonds is 4. The lowest BCUT2D eigenvalue weighted by Crippen LogP contribution is -2.12. The van der Waals surface area contributed by atoms with Crippen molar-refractivity contribution in [2.24, 2.45) is 0 Å². The highest BCUT2D eigenvalue weighted by molar-refractivity contribution is 5.58. The summed E-state index contributed by atoms with van der Waals surface area (Å²) in [5, 5.41) is 14.4. The first kappa shape index (κ1) is 13.5. The maximum atomic E-state index is 13.7. The zero-order chi connectivity index (χ0) is 14.7. The van der Waals surface area contributed by atoms with E-state index in [2.05, 4.69) is 10.1 Å². The molecule has 5 heteroatoms. The minimum atomic E-state index is -0.952. The van der Waals surface area contributed by atoms with Gasteiger partial charge in [0.15, 0.2) is 0 Å². The van der Waals surface area contributed by atoms with Gasteiger partial charge in [0.2, 0.25) is 0 Å². The summed E-state index contributed by atoms with van der Waals surface area (Å²) < 4.78 is 15.4. The first-order valence-corrected chi connectivity index (χ1v) is 6.60. The first-order chi connectivity index (χ1) is 10.3. The second-order valence-corrected chi connectivity index (χ2v) is 4.67. The number of halogens is 1. The van der Waals surface area contributed by atoms with Crippen LogP contribution in [-0.2, 0) is 6.54 Å². The second kappa shape index (κ2) is 5.85. The Morgan fingerprint density at radius 3 is 2.57 bits per heavy atom. The van der Waals surface area contributed by atoms with Gasteiger partial charge in [-0.1, -0.05) is 18.2 Å². The highest BCUT2D eigenvalue weighted by Gasteiger charge is 2.15. The smallest absolute Gasteiger partial charge is 0.129 e. The molecule has 0 fully saturated rings. The van der Waals surface area contributed by atoms with Crippen LogP contribution < -0.4 is 0 Å². The summed E-state index contributed by atoms with van der Waals surface area (Å²) in [4.78, 5) is 3.98. The number of benzene rings is 1. The molecule has 0 saturated heterocycles. The monoisotopic (exact) mass is 283 g/mol. The predicted octanol–water partition coefficient (Wildman–Crippen LogP) is 2.82. The minimum absolute atomic E-state index is 0.186. The Bertz CT molecular complexity index is 727. The normalized spacial score (nSPS) is 12.3.